The lowest BCUT2D eigenvalue weighted by Gasteiger charge is -2.36. The lowest BCUT2D eigenvalue weighted by molar-refractivity contribution is -0.134. The monoisotopic (exact) mass is 225 g/mol. The van der Waals surface area contributed by atoms with Crippen LogP contribution in [0.5, 0.6) is 0 Å². The highest BCUT2D eigenvalue weighted by molar-refractivity contribution is 4.90. The van der Waals surface area contributed by atoms with Gasteiger partial charge in [0.2, 0.25) is 0 Å². The molecule has 2 nitrogen and oxygen atoms in total. The first-order valence-corrected chi connectivity index (χ1v) is 5.40. The average Bonchev–Trinajstić information content (AvgIpc) is 2.17. The molecule has 0 aliphatic heterocycles. The van der Waals surface area contributed by atoms with Crippen molar-refractivity contribution in [2.75, 3.05) is 13.2 Å². The summed E-state index contributed by atoms with van der Waals surface area (Å²) < 4.78 is 35.8. The fourth-order valence-corrected chi connectivity index (χ4v) is 2.09. The van der Waals surface area contributed by atoms with E-state index in [2.05, 4.69) is 5.32 Å². The molecule has 0 bridgehead atoms. The third-order valence-corrected chi connectivity index (χ3v) is 3.02. The van der Waals surface area contributed by atoms with Crippen molar-refractivity contribution in [3.05, 3.63) is 0 Å². The SMILES string of the molecule is OCC1(NCCC(F)(F)F)CCCCC1. The van der Waals surface area contributed by atoms with Gasteiger partial charge in [0, 0.05) is 12.1 Å². The van der Waals surface area contributed by atoms with E-state index in [1.807, 2.05) is 0 Å². The summed E-state index contributed by atoms with van der Waals surface area (Å²) in [6.45, 7) is -0.158. The topological polar surface area (TPSA) is 32.3 Å². The molecule has 90 valence electrons. The van der Waals surface area contributed by atoms with E-state index < -0.39 is 18.1 Å². The minimum Gasteiger partial charge on any atom is -0.394 e. The molecule has 0 unspecified atom stereocenters. The Kier molecular flexibility index (Phi) is 4.40. The Balaban J connectivity index is 2.33. The third kappa shape index (κ3) is 4.38. The van der Waals surface area contributed by atoms with Crippen LogP contribution in [0, 0.1) is 0 Å². The Hall–Kier alpha value is -0.290. The van der Waals surface area contributed by atoms with Crippen molar-refractivity contribution in [1.82, 2.24) is 5.32 Å². The molecule has 0 spiro atoms. The van der Waals surface area contributed by atoms with Crippen LogP contribution in [0.4, 0.5) is 13.2 Å². The molecule has 0 aromatic heterocycles. The normalized spacial score (nSPS) is 21.6. The molecule has 0 heterocycles. The quantitative estimate of drug-likeness (QED) is 0.769. The fraction of sp³-hybridized carbons (Fsp3) is 1.00. The Bertz CT molecular complexity index is 188. The van der Waals surface area contributed by atoms with E-state index in [0.717, 1.165) is 32.1 Å². The first kappa shape index (κ1) is 12.8. The molecule has 0 aromatic carbocycles. The van der Waals surface area contributed by atoms with Gasteiger partial charge in [-0.05, 0) is 12.8 Å². The van der Waals surface area contributed by atoms with Crippen molar-refractivity contribution in [3.8, 4) is 0 Å². The van der Waals surface area contributed by atoms with Gasteiger partial charge in [0.25, 0.3) is 0 Å². The predicted octanol–water partition coefficient (Wildman–Crippen LogP) is 2.22. The predicted molar refractivity (Wildman–Crippen MR) is 51.6 cm³/mol. The Morgan fingerprint density at radius 3 is 2.20 bits per heavy atom. The van der Waals surface area contributed by atoms with E-state index in [4.69, 9.17) is 0 Å². The molecule has 1 aliphatic rings. The lowest BCUT2D eigenvalue weighted by Crippen LogP contribution is -2.50. The van der Waals surface area contributed by atoms with Crippen LogP contribution < -0.4 is 5.32 Å². The zero-order valence-corrected chi connectivity index (χ0v) is 8.74. The standard InChI is InChI=1S/C10H18F3NO/c11-10(12,13)6-7-14-9(8-15)4-2-1-3-5-9/h14-15H,1-8H2. The largest absolute Gasteiger partial charge is 0.394 e. The van der Waals surface area contributed by atoms with Gasteiger partial charge in [0.15, 0.2) is 0 Å². The van der Waals surface area contributed by atoms with Crippen LogP contribution in [0.25, 0.3) is 0 Å². The molecule has 1 rings (SSSR count). The van der Waals surface area contributed by atoms with Gasteiger partial charge >= 0.3 is 6.18 Å². The number of rotatable bonds is 4. The molecule has 0 saturated heterocycles. The fourth-order valence-electron chi connectivity index (χ4n) is 2.09. The maximum absolute atomic E-state index is 11.9. The van der Waals surface area contributed by atoms with Gasteiger partial charge in [-0.1, -0.05) is 19.3 Å². The van der Waals surface area contributed by atoms with Gasteiger partial charge in [-0.2, -0.15) is 13.2 Å². The Labute approximate surface area is 87.9 Å². The lowest BCUT2D eigenvalue weighted by atomic mass is 9.82. The summed E-state index contributed by atoms with van der Waals surface area (Å²) in [5, 5.41) is 12.1. The van der Waals surface area contributed by atoms with Crippen molar-refractivity contribution in [2.24, 2.45) is 0 Å². The molecular weight excluding hydrogens is 207 g/mol. The smallest absolute Gasteiger partial charge is 0.390 e. The van der Waals surface area contributed by atoms with Gasteiger partial charge in [-0.25, -0.2) is 0 Å². The highest BCUT2D eigenvalue weighted by Gasteiger charge is 2.33. The van der Waals surface area contributed by atoms with Crippen LogP contribution in [-0.4, -0.2) is 30.0 Å². The van der Waals surface area contributed by atoms with E-state index in [1.165, 1.54) is 0 Å². The second-order valence-electron chi connectivity index (χ2n) is 4.29. The molecule has 0 aromatic rings. The van der Waals surface area contributed by atoms with Gasteiger partial charge in [0.1, 0.15) is 0 Å². The van der Waals surface area contributed by atoms with Crippen molar-refractivity contribution >= 4 is 0 Å². The van der Waals surface area contributed by atoms with Crippen LogP contribution >= 0.6 is 0 Å². The Morgan fingerprint density at radius 2 is 1.73 bits per heavy atom. The van der Waals surface area contributed by atoms with Crippen LogP contribution in [-0.2, 0) is 0 Å². The van der Waals surface area contributed by atoms with E-state index in [0.29, 0.717) is 0 Å². The molecule has 5 heteroatoms. The summed E-state index contributed by atoms with van der Waals surface area (Å²) in [6.07, 6.45) is -0.294. The molecule has 0 radical (unpaired) electrons. The maximum Gasteiger partial charge on any atom is 0.390 e. The number of halogens is 3. The van der Waals surface area contributed by atoms with E-state index in [-0.39, 0.29) is 13.2 Å². The number of alkyl halides is 3. The van der Waals surface area contributed by atoms with Crippen molar-refractivity contribution < 1.29 is 18.3 Å². The first-order valence-electron chi connectivity index (χ1n) is 5.40. The van der Waals surface area contributed by atoms with E-state index >= 15 is 0 Å². The minimum absolute atomic E-state index is 0.0646. The molecule has 2 N–H and O–H groups in total. The van der Waals surface area contributed by atoms with Gasteiger partial charge in [-0.15, -0.1) is 0 Å². The van der Waals surface area contributed by atoms with Gasteiger partial charge in [-0.3, -0.25) is 0 Å². The molecule has 1 fully saturated rings. The van der Waals surface area contributed by atoms with Crippen molar-refractivity contribution in [3.63, 3.8) is 0 Å². The van der Waals surface area contributed by atoms with E-state index in [9.17, 15) is 18.3 Å². The molecular formula is C10H18F3NO. The number of nitrogens with one attached hydrogen (secondary N) is 1. The number of hydrogen-bond donors (Lipinski definition) is 2. The van der Waals surface area contributed by atoms with Crippen molar-refractivity contribution in [2.45, 2.75) is 50.2 Å². The summed E-state index contributed by atoms with van der Waals surface area (Å²) in [7, 11) is 0. The van der Waals surface area contributed by atoms with Crippen LogP contribution in [0.15, 0.2) is 0 Å². The number of hydrogen-bond acceptors (Lipinski definition) is 2. The summed E-state index contributed by atoms with van der Waals surface area (Å²) in [5.41, 5.74) is -0.455. The summed E-state index contributed by atoms with van der Waals surface area (Å²) in [5.74, 6) is 0. The van der Waals surface area contributed by atoms with Gasteiger partial charge in [0.05, 0.1) is 13.0 Å². The highest BCUT2D eigenvalue weighted by Crippen LogP contribution is 2.28. The summed E-state index contributed by atoms with van der Waals surface area (Å²) in [6, 6.07) is 0. The molecule has 15 heavy (non-hydrogen) atoms. The summed E-state index contributed by atoms with van der Waals surface area (Å²) in [4.78, 5) is 0. The highest BCUT2D eigenvalue weighted by atomic mass is 19.4. The van der Waals surface area contributed by atoms with Crippen LogP contribution in [0.2, 0.25) is 0 Å². The third-order valence-electron chi connectivity index (χ3n) is 3.02. The molecule has 1 aliphatic carbocycles. The second kappa shape index (κ2) is 5.16. The zero-order valence-electron chi connectivity index (χ0n) is 8.74. The molecule has 1 saturated carbocycles. The zero-order chi connectivity index (χ0) is 11.4. The van der Waals surface area contributed by atoms with Crippen LogP contribution in [0.3, 0.4) is 0 Å². The molecule has 0 atom stereocenters. The minimum atomic E-state index is -4.11. The number of aliphatic hydroxyl groups excluding tert-OH is 1. The summed E-state index contributed by atoms with van der Waals surface area (Å²) >= 11 is 0. The van der Waals surface area contributed by atoms with Crippen molar-refractivity contribution in [1.29, 1.82) is 0 Å². The van der Waals surface area contributed by atoms with Gasteiger partial charge < -0.3 is 10.4 Å². The average molecular weight is 225 g/mol. The number of aliphatic hydroxyl groups is 1. The van der Waals surface area contributed by atoms with Crippen LogP contribution in [0.1, 0.15) is 38.5 Å². The molecule has 0 amide bonds. The Morgan fingerprint density at radius 1 is 1.13 bits per heavy atom. The van der Waals surface area contributed by atoms with E-state index in [1.54, 1.807) is 0 Å². The second-order valence-corrected chi connectivity index (χ2v) is 4.29. The maximum atomic E-state index is 11.9. The first-order chi connectivity index (χ1) is 6.97.